The molecule has 1 aliphatic rings. The number of halogens is 1. The second-order valence-electron chi connectivity index (χ2n) is 5.43. The molecule has 4 nitrogen and oxygen atoms in total. The van der Waals surface area contributed by atoms with Crippen LogP contribution in [0, 0.1) is 5.41 Å². The van der Waals surface area contributed by atoms with Crippen LogP contribution in [0.5, 0.6) is 5.75 Å². The molecule has 2 N–H and O–H groups in total. The van der Waals surface area contributed by atoms with Crippen LogP contribution in [0.4, 0.5) is 0 Å². The Morgan fingerprint density at radius 2 is 2.37 bits per heavy atom. The Labute approximate surface area is 126 Å². The molecule has 2 rings (SSSR count). The maximum absolute atomic E-state index is 12.3. The van der Waals surface area contributed by atoms with Crippen LogP contribution < -0.4 is 15.4 Å². The molecule has 1 aromatic rings. The number of ether oxygens (including phenoxy) is 1. The van der Waals surface area contributed by atoms with E-state index < -0.39 is 0 Å². The van der Waals surface area contributed by atoms with E-state index in [0.29, 0.717) is 10.6 Å². The van der Waals surface area contributed by atoms with Crippen LogP contribution in [0.15, 0.2) is 9.85 Å². The van der Waals surface area contributed by atoms with E-state index in [4.69, 9.17) is 4.74 Å². The fourth-order valence-electron chi connectivity index (χ4n) is 2.27. The molecule has 0 saturated carbocycles. The highest BCUT2D eigenvalue weighted by Gasteiger charge is 2.33. The van der Waals surface area contributed by atoms with Crippen molar-refractivity contribution in [3.63, 3.8) is 0 Å². The van der Waals surface area contributed by atoms with Crippen molar-refractivity contribution in [3.8, 4) is 5.75 Å². The molecule has 1 saturated heterocycles. The van der Waals surface area contributed by atoms with Gasteiger partial charge in [-0.1, -0.05) is 13.8 Å². The van der Waals surface area contributed by atoms with Gasteiger partial charge in [-0.3, -0.25) is 4.79 Å². The highest BCUT2D eigenvalue weighted by molar-refractivity contribution is 9.11. The number of carbonyl (C=O) groups excluding carboxylic acids is 1. The van der Waals surface area contributed by atoms with E-state index in [2.05, 4.69) is 40.4 Å². The van der Waals surface area contributed by atoms with Crippen molar-refractivity contribution in [2.24, 2.45) is 5.41 Å². The summed E-state index contributed by atoms with van der Waals surface area (Å²) in [5.74, 6) is 0.689. The van der Waals surface area contributed by atoms with Gasteiger partial charge in [0.2, 0.25) is 0 Å². The zero-order chi connectivity index (χ0) is 14.0. The third kappa shape index (κ3) is 3.30. The highest BCUT2D eigenvalue weighted by Crippen LogP contribution is 2.34. The van der Waals surface area contributed by atoms with E-state index in [9.17, 15) is 4.79 Å². The summed E-state index contributed by atoms with van der Waals surface area (Å²) in [6.07, 6.45) is 0.961. The molecule has 0 aromatic carbocycles. The summed E-state index contributed by atoms with van der Waals surface area (Å²) in [6, 6.07) is 1.98. The summed E-state index contributed by atoms with van der Waals surface area (Å²) in [4.78, 5) is 13.0. The monoisotopic (exact) mass is 346 g/mol. The molecule has 6 heteroatoms. The van der Waals surface area contributed by atoms with Gasteiger partial charge in [0, 0.05) is 18.7 Å². The third-order valence-corrected chi connectivity index (χ3v) is 5.32. The maximum Gasteiger partial charge on any atom is 0.261 e. The van der Waals surface area contributed by atoms with Gasteiger partial charge < -0.3 is 15.4 Å². The molecule has 1 atom stereocenters. The molecule has 0 aliphatic carbocycles. The number of hydrogen-bond donors (Lipinski definition) is 2. The number of hydrogen-bond acceptors (Lipinski definition) is 4. The lowest BCUT2D eigenvalue weighted by molar-refractivity contribution is 0.0872. The molecule has 1 fully saturated rings. The normalized spacial score (nSPS) is 22.0. The van der Waals surface area contributed by atoms with Crippen molar-refractivity contribution in [2.75, 3.05) is 20.2 Å². The third-order valence-electron chi connectivity index (χ3n) is 3.54. The van der Waals surface area contributed by atoms with Crippen molar-refractivity contribution in [1.82, 2.24) is 10.6 Å². The topological polar surface area (TPSA) is 50.4 Å². The average Bonchev–Trinajstić information content (AvgIpc) is 2.73. The number of methoxy groups -OCH3 is 1. The van der Waals surface area contributed by atoms with Gasteiger partial charge in [-0.25, -0.2) is 0 Å². The zero-order valence-corrected chi connectivity index (χ0v) is 13.8. The molecule has 2 heterocycles. The minimum absolute atomic E-state index is 0.0195. The van der Waals surface area contributed by atoms with Crippen molar-refractivity contribution in [1.29, 1.82) is 0 Å². The molecule has 1 unspecified atom stereocenters. The van der Waals surface area contributed by atoms with Crippen LogP contribution in [0.1, 0.15) is 29.9 Å². The van der Waals surface area contributed by atoms with E-state index in [1.54, 1.807) is 13.2 Å². The van der Waals surface area contributed by atoms with Crippen molar-refractivity contribution in [3.05, 3.63) is 14.7 Å². The largest absolute Gasteiger partial charge is 0.495 e. The fourth-order valence-corrected chi connectivity index (χ4v) is 3.82. The molecule has 0 spiro atoms. The van der Waals surface area contributed by atoms with Gasteiger partial charge in [0.15, 0.2) is 0 Å². The first-order valence-electron chi connectivity index (χ1n) is 6.29. The van der Waals surface area contributed by atoms with Gasteiger partial charge in [0.25, 0.3) is 5.91 Å². The second kappa shape index (κ2) is 5.81. The van der Waals surface area contributed by atoms with E-state index in [1.165, 1.54) is 11.3 Å². The number of nitrogens with one attached hydrogen (secondary N) is 2. The van der Waals surface area contributed by atoms with Gasteiger partial charge in [-0.15, -0.1) is 11.3 Å². The Hall–Kier alpha value is -0.590. The summed E-state index contributed by atoms with van der Waals surface area (Å²) in [6.45, 7) is 6.23. The fraction of sp³-hybridized carbons (Fsp3) is 0.615. The van der Waals surface area contributed by atoms with E-state index in [1.807, 2.05) is 0 Å². The summed E-state index contributed by atoms with van der Waals surface area (Å²) in [7, 11) is 1.60. The Morgan fingerprint density at radius 3 is 2.95 bits per heavy atom. The minimum Gasteiger partial charge on any atom is -0.495 e. The van der Waals surface area contributed by atoms with Crippen LogP contribution in [0.25, 0.3) is 0 Å². The number of rotatable bonds is 3. The van der Waals surface area contributed by atoms with Crippen LogP contribution in [0.2, 0.25) is 0 Å². The van der Waals surface area contributed by atoms with Gasteiger partial charge in [-0.05, 0) is 34.3 Å². The number of piperidine rings is 1. The predicted molar refractivity (Wildman–Crippen MR) is 81.1 cm³/mol. The summed E-state index contributed by atoms with van der Waals surface area (Å²) in [5.41, 5.74) is 0.0759. The van der Waals surface area contributed by atoms with E-state index in [-0.39, 0.29) is 17.4 Å². The molecular formula is C13H19BrN2O2S. The lowest BCUT2D eigenvalue weighted by Crippen LogP contribution is -2.54. The van der Waals surface area contributed by atoms with Crippen molar-refractivity contribution in [2.45, 2.75) is 26.3 Å². The minimum atomic E-state index is -0.0195. The first-order chi connectivity index (χ1) is 8.94. The quantitative estimate of drug-likeness (QED) is 0.884. The molecule has 106 valence electrons. The van der Waals surface area contributed by atoms with Gasteiger partial charge >= 0.3 is 0 Å². The summed E-state index contributed by atoms with van der Waals surface area (Å²) >= 11 is 4.80. The van der Waals surface area contributed by atoms with E-state index in [0.717, 1.165) is 23.3 Å². The molecule has 1 amide bonds. The zero-order valence-electron chi connectivity index (χ0n) is 11.4. The second-order valence-corrected chi connectivity index (χ2v) is 7.80. The lowest BCUT2D eigenvalue weighted by atomic mass is 9.80. The van der Waals surface area contributed by atoms with Gasteiger partial charge in [-0.2, -0.15) is 0 Å². The maximum atomic E-state index is 12.3. The number of thiophene rings is 1. The Morgan fingerprint density at radius 1 is 1.63 bits per heavy atom. The van der Waals surface area contributed by atoms with Crippen molar-refractivity contribution >= 4 is 33.2 Å². The molecule has 1 aliphatic heterocycles. The number of carbonyl (C=O) groups is 1. The van der Waals surface area contributed by atoms with E-state index >= 15 is 0 Å². The smallest absolute Gasteiger partial charge is 0.261 e. The molecule has 19 heavy (non-hydrogen) atoms. The van der Waals surface area contributed by atoms with Crippen LogP contribution in [-0.4, -0.2) is 32.1 Å². The predicted octanol–water partition coefficient (Wildman–Crippen LogP) is 2.64. The Kier molecular flexibility index (Phi) is 4.53. The molecular weight excluding hydrogens is 328 g/mol. The average molecular weight is 347 g/mol. The Balaban J connectivity index is 2.07. The van der Waals surface area contributed by atoms with Crippen LogP contribution in [-0.2, 0) is 0 Å². The van der Waals surface area contributed by atoms with Gasteiger partial charge in [0.1, 0.15) is 9.54 Å². The highest BCUT2D eigenvalue weighted by atomic mass is 79.9. The standard InChI is InChI=1S/C13H19BrN2O2S/c1-13(2)7-15-5-4-10(13)16-12(17)9-6-8(18-3)11(14)19-9/h6,10,15H,4-5,7H2,1-3H3,(H,16,17). The van der Waals surface area contributed by atoms with Crippen molar-refractivity contribution < 1.29 is 9.53 Å². The lowest BCUT2D eigenvalue weighted by Gasteiger charge is -2.39. The summed E-state index contributed by atoms with van der Waals surface area (Å²) in [5, 5.41) is 6.51. The summed E-state index contributed by atoms with van der Waals surface area (Å²) < 4.78 is 6.03. The molecule has 1 aromatic heterocycles. The SMILES string of the molecule is COc1cc(C(=O)NC2CCNCC2(C)C)sc1Br. The first-order valence-corrected chi connectivity index (χ1v) is 7.90. The first kappa shape index (κ1) is 14.8. The number of amides is 1. The molecule has 0 radical (unpaired) electrons. The van der Waals surface area contributed by atoms with Crippen LogP contribution >= 0.6 is 27.3 Å². The van der Waals surface area contributed by atoms with Gasteiger partial charge in [0.05, 0.1) is 12.0 Å². The Bertz CT molecular complexity index is 473. The molecule has 0 bridgehead atoms. The van der Waals surface area contributed by atoms with Crippen LogP contribution in [0.3, 0.4) is 0 Å².